The van der Waals surface area contributed by atoms with Gasteiger partial charge in [0, 0.05) is 40.9 Å². The standard InChI is InChI=1S/C21H12FN5OS/c1-26-5-4-13(8-20(26)28)15-7-19(21-16(10-24)11-25-27(21)12-15)29-18-3-2-17(22)6-14(18)9-23/h2-8,11-12H,1H3. The van der Waals surface area contributed by atoms with Gasteiger partial charge in [-0.1, -0.05) is 11.8 Å². The first-order chi connectivity index (χ1) is 14.0. The van der Waals surface area contributed by atoms with Gasteiger partial charge in [0.2, 0.25) is 0 Å². The number of fused-ring (bicyclic) bond motifs is 1. The van der Waals surface area contributed by atoms with E-state index in [0.29, 0.717) is 26.4 Å². The highest BCUT2D eigenvalue weighted by atomic mass is 32.2. The fourth-order valence-electron chi connectivity index (χ4n) is 2.93. The Morgan fingerprint density at radius 1 is 1.03 bits per heavy atom. The minimum Gasteiger partial charge on any atom is -0.319 e. The molecule has 0 radical (unpaired) electrons. The summed E-state index contributed by atoms with van der Waals surface area (Å²) in [6, 6.07) is 13.3. The van der Waals surface area contributed by atoms with Crippen molar-refractivity contribution in [2.24, 2.45) is 7.05 Å². The smallest absolute Gasteiger partial charge is 0.250 e. The molecule has 4 aromatic rings. The van der Waals surface area contributed by atoms with Crippen LogP contribution in [0.1, 0.15) is 11.1 Å². The Bertz CT molecular complexity index is 1410. The van der Waals surface area contributed by atoms with Gasteiger partial charge in [-0.15, -0.1) is 0 Å². The Labute approximate surface area is 169 Å². The first kappa shape index (κ1) is 18.5. The highest BCUT2D eigenvalue weighted by molar-refractivity contribution is 7.99. The number of rotatable bonds is 3. The number of nitrogens with zero attached hydrogens (tertiary/aromatic N) is 5. The molecule has 1 aromatic carbocycles. The van der Waals surface area contributed by atoms with Crippen molar-refractivity contribution in [1.82, 2.24) is 14.2 Å². The molecule has 0 bridgehead atoms. The average Bonchev–Trinajstić information content (AvgIpc) is 3.14. The molecule has 0 N–H and O–H groups in total. The third kappa shape index (κ3) is 3.38. The van der Waals surface area contributed by atoms with Crippen LogP contribution >= 0.6 is 11.8 Å². The zero-order valence-corrected chi connectivity index (χ0v) is 15.9. The second-order valence-corrected chi connectivity index (χ2v) is 7.36. The summed E-state index contributed by atoms with van der Waals surface area (Å²) in [6.45, 7) is 0. The largest absolute Gasteiger partial charge is 0.319 e. The van der Waals surface area contributed by atoms with Gasteiger partial charge in [0.25, 0.3) is 5.56 Å². The van der Waals surface area contributed by atoms with Gasteiger partial charge < -0.3 is 4.57 Å². The van der Waals surface area contributed by atoms with Crippen LogP contribution < -0.4 is 5.56 Å². The van der Waals surface area contributed by atoms with E-state index in [1.165, 1.54) is 46.8 Å². The van der Waals surface area contributed by atoms with Crippen molar-refractivity contribution >= 4 is 17.3 Å². The normalized spacial score (nSPS) is 10.6. The van der Waals surface area contributed by atoms with E-state index in [9.17, 15) is 19.7 Å². The molecular weight excluding hydrogens is 389 g/mol. The van der Waals surface area contributed by atoms with Gasteiger partial charge in [-0.05, 0) is 35.9 Å². The molecule has 140 valence electrons. The van der Waals surface area contributed by atoms with Crippen molar-refractivity contribution in [1.29, 1.82) is 10.5 Å². The number of benzene rings is 1. The number of halogens is 1. The molecular formula is C21H12FN5OS. The molecule has 0 fully saturated rings. The van der Waals surface area contributed by atoms with Crippen LogP contribution in [0.4, 0.5) is 4.39 Å². The van der Waals surface area contributed by atoms with E-state index in [-0.39, 0.29) is 11.1 Å². The third-order valence-corrected chi connectivity index (χ3v) is 5.52. The van der Waals surface area contributed by atoms with E-state index < -0.39 is 5.82 Å². The minimum absolute atomic E-state index is 0.153. The van der Waals surface area contributed by atoms with Gasteiger partial charge >= 0.3 is 0 Å². The van der Waals surface area contributed by atoms with Crippen LogP contribution in [0.2, 0.25) is 0 Å². The Hall–Kier alpha value is -3.88. The average molecular weight is 401 g/mol. The number of hydrogen-bond acceptors (Lipinski definition) is 5. The van der Waals surface area contributed by atoms with Crippen LogP contribution in [-0.4, -0.2) is 14.2 Å². The molecule has 0 saturated heterocycles. The van der Waals surface area contributed by atoms with Gasteiger partial charge in [0.05, 0.1) is 22.8 Å². The second kappa shape index (κ2) is 7.27. The molecule has 6 nitrogen and oxygen atoms in total. The minimum atomic E-state index is -0.494. The van der Waals surface area contributed by atoms with Crippen molar-refractivity contribution in [2.45, 2.75) is 9.79 Å². The quantitative estimate of drug-likeness (QED) is 0.522. The Kier molecular flexibility index (Phi) is 4.63. The highest BCUT2D eigenvalue weighted by Gasteiger charge is 2.15. The van der Waals surface area contributed by atoms with Crippen molar-refractivity contribution in [2.75, 3.05) is 0 Å². The second-order valence-electron chi connectivity index (χ2n) is 6.28. The topological polar surface area (TPSA) is 86.9 Å². The van der Waals surface area contributed by atoms with Crippen molar-refractivity contribution in [3.05, 3.63) is 82.3 Å². The molecule has 0 saturated carbocycles. The zero-order chi connectivity index (χ0) is 20.5. The number of nitriles is 2. The SMILES string of the molecule is Cn1ccc(-c2cc(Sc3ccc(F)cc3C#N)c3c(C#N)cnn3c2)cc1=O. The first-order valence-electron chi connectivity index (χ1n) is 8.46. The maximum absolute atomic E-state index is 13.5. The summed E-state index contributed by atoms with van der Waals surface area (Å²) < 4.78 is 16.5. The van der Waals surface area contributed by atoms with E-state index in [1.807, 2.05) is 18.2 Å². The monoisotopic (exact) mass is 401 g/mol. The Morgan fingerprint density at radius 2 is 1.83 bits per heavy atom. The van der Waals surface area contributed by atoms with Gasteiger partial charge in [0.1, 0.15) is 18.0 Å². The van der Waals surface area contributed by atoms with E-state index >= 15 is 0 Å². The lowest BCUT2D eigenvalue weighted by atomic mass is 10.1. The summed E-state index contributed by atoms with van der Waals surface area (Å²) in [6.07, 6.45) is 4.88. The summed E-state index contributed by atoms with van der Waals surface area (Å²) in [5.74, 6) is -0.494. The van der Waals surface area contributed by atoms with Gasteiger partial charge in [-0.25, -0.2) is 8.91 Å². The summed E-state index contributed by atoms with van der Waals surface area (Å²) in [4.78, 5) is 13.3. The van der Waals surface area contributed by atoms with E-state index in [2.05, 4.69) is 11.2 Å². The third-order valence-electron chi connectivity index (χ3n) is 4.42. The number of hydrogen-bond donors (Lipinski definition) is 0. The molecule has 0 aliphatic heterocycles. The van der Waals surface area contributed by atoms with Gasteiger partial charge in [-0.2, -0.15) is 15.6 Å². The fourth-order valence-corrected chi connectivity index (χ4v) is 4.00. The lowest BCUT2D eigenvalue weighted by Crippen LogP contribution is -2.14. The maximum atomic E-state index is 13.5. The van der Waals surface area contributed by atoms with Crippen molar-refractivity contribution in [3.63, 3.8) is 0 Å². The fraction of sp³-hybridized carbons (Fsp3) is 0.0476. The van der Waals surface area contributed by atoms with Crippen LogP contribution in [0.15, 0.2) is 69.6 Å². The van der Waals surface area contributed by atoms with Gasteiger partial charge in [0.15, 0.2) is 0 Å². The molecule has 0 aliphatic carbocycles. The molecule has 0 unspecified atom stereocenters. The summed E-state index contributed by atoms with van der Waals surface area (Å²) in [5, 5.41) is 23.0. The molecule has 0 amide bonds. The molecule has 0 aliphatic rings. The van der Waals surface area contributed by atoms with Crippen molar-refractivity contribution < 1.29 is 4.39 Å². The van der Waals surface area contributed by atoms with E-state index in [4.69, 9.17) is 0 Å². The molecule has 29 heavy (non-hydrogen) atoms. The van der Waals surface area contributed by atoms with Crippen molar-refractivity contribution in [3.8, 4) is 23.3 Å². The number of pyridine rings is 2. The molecule has 8 heteroatoms. The predicted molar refractivity (Wildman–Crippen MR) is 106 cm³/mol. The zero-order valence-electron chi connectivity index (χ0n) is 15.1. The van der Waals surface area contributed by atoms with Gasteiger partial charge in [-0.3, -0.25) is 4.79 Å². The molecule has 0 atom stereocenters. The van der Waals surface area contributed by atoms with Crippen LogP contribution in [0, 0.1) is 28.5 Å². The molecule has 3 heterocycles. The van der Waals surface area contributed by atoms with Crippen LogP contribution in [0.3, 0.4) is 0 Å². The number of aryl methyl sites for hydroxylation is 1. The lowest BCUT2D eigenvalue weighted by molar-refractivity contribution is 0.626. The van der Waals surface area contributed by atoms with Crippen LogP contribution in [-0.2, 0) is 7.05 Å². The predicted octanol–water partition coefficient (Wildman–Crippen LogP) is 3.73. The maximum Gasteiger partial charge on any atom is 0.250 e. The molecule has 4 rings (SSSR count). The highest BCUT2D eigenvalue weighted by Crippen LogP contribution is 2.37. The summed E-state index contributed by atoms with van der Waals surface area (Å²) in [5.41, 5.74) is 2.43. The van der Waals surface area contributed by atoms with E-state index in [1.54, 1.807) is 24.0 Å². The molecule has 3 aromatic heterocycles. The van der Waals surface area contributed by atoms with Crippen LogP contribution in [0.5, 0.6) is 0 Å². The number of aromatic nitrogens is 3. The summed E-state index contributed by atoms with van der Waals surface area (Å²) in [7, 11) is 1.67. The first-order valence-corrected chi connectivity index (χ1v) is 9.28. The van der Waals surface area contributed by atoms with Crippen LogP contribution in [0.25, 0.3) is 16.6 Å². The lowest BCUT2D eigenvalue weighted by Gasteiger charge is -2.10. The van der Waals surface area contributed by atoms with E-state index in [0.717, 1.165) is 5.56 Å². The molecule has 0 spiro atoms. The Morgan fingerprint density at radius 3 is 2.55 bits per heavy atom. The summed E-state index contributed by atoms with van der Waals surface area (Å²) >= 11 is 1.24. The Balaban J connectivity index is 1.93.